The van der Waals surface area contributed by atoms with Crippen LogP contribution in [0.4, 0.5) is 0 Å². The molecule has 4 fully saturated rings. The van der Waals surface area contributed by atoms with Gasteiger partial charge in [0, 0.05) is 0 Å². The van der Waals surface area contributed by atoms with E-state index in [9.17, 15) is 0 Å². The normalized spacial score (nSPS) is 34.7. The van der Waals surface area contributed by atoms with Gasteiger partial charge in [-0.05, 0) is 57.3 Å². The fraction of sp³-hybridized carbons (Fsp3) is 0.444. The van der Waals surface area contributed by atoms with Crippen molar-refractivity contribution in [1.82, 2.24) is 0 Å². The van der Waals surface area contributed by atoms with Crippen LogP contribution in [0.25, 0.3) is 10.8 Å². The zero-order valence-electron chi connectivity index (χ0n) is 12.1. The van der Waals surface area contributed by atoms with Crippen molar-refractivity contribution in [3.8, 4) is 0 Å². The first-order valence-corrected chi connectivity index (χ1v) is 7.94. The molecule has 0 bridgehead atoms. The lowest BCUT2D eigenvalue weighted by Gasteiger charge is -2.12. The van der Waals surface area contributed by atoms with E-state index >= 15 is 0 Å². The third-order valence-electron chi connectivity index (χ3n) is 4.96. The van der Waals surface area contributed by atoms with Gasteiger partial charge in [0.15, 0.2) is 0 Å². The number of hydrogen-bond donors (Lipinski definition) is 0. The maximum Gasteiger partial charge on any atom is 0.106 e. The van der Waals surface area contributed by atoms with Gasteiger partial charge in [-0.1, -0.05) is 0 Å². The molecule has 4 atom stereocenters. The van der Waals surface area contributed by atoms with E-state index in [1.54, 1.807) is 0 Å². The smallest absolute Gasteiger partial charge is 0.106 e. The van der Waals surface area contributed by atoms with Crippen LogP contribution in [0.15, 0.2) is 24.3 Å². The first-order chi connectivity index (χ1) is 10.9. The second-order valence-corrected chi connectivity index (χ2v) is 6.60. The fourth-order valence-corrected chi connectivity index (χ4v) is 3.45. The average Bonchev–Trinajstić information content (AvgIpc) is 3.40. The summed E-state index contributed by atoms with van der Waals surface area (Å²) in [5.41, 5.74) is 5.20. The van der Waals surface area contributed by atoms with E-state index in [2.05, 4.69) is 24.3 Å². The lowest BCUT2D eigenvalue weighted by molar-refractivity contribution is 0.399. The van der Waals surface area contributed by atoms with Gasteiger partial charge in [0.1, 0.15) is 24.4 Å². The largest absolute Gasteiger partial charge is 0.368 e. The third kappa shape index (κ3) is 1.92. The van der Waals surface area contributed by atoms with Gasteiger partial charge in [-0.3, -0.25) is 0 Å². The summed E-state index contributed by atoms with van der Waals surface area (Å²) in [4.78, 5) is 0. The molecule has 4 saturated heterocycles. The molecule has 4 heterocycles. The lowest BCUT2D eigenvalue weighted by atomic mass is 9.92. The maximum atomic E-state index is 5.52. The zero-order chi connectivity index (χ0) is 14.3. The van der Waals surface area contributed by atoms with Crippen molar-refractivity contribution in [2.75, 3.05) is 26.4 Å². The average molecular weight is 296 g/mol. The molecule has 0 amide bonds. The van der Waals surface area contributed by atoms with Crippen molar-refractivity contribution in [3.05, 3.63) is 46.5 Å². The van der Waals surface area contributed by atoms with E-state index in [1.807, 2.05) is 0 Å². The highest BCUT2D eigenvalue weighted by Crippen LogP contribution is 2.45. The summed E-state index contributed by atoms with van der Waals surface area (Å²) in [5, 5.41) is 2.54. The first kappa shape index (κ1) is 12.0. The minimum atomic E-state index is 0.260. The van der Waals surface area contributed by atoms with Crippen molar-refractivity contribution in [2.24, 2.45) is 0 Å². The van der Waals surface area contributed by atoms with Crippen molar-refractivity contribution >= 4 is 10.8 Å². The molecule has 2 aromatic carbocycles. The van der Waals surface area contributed by atoms with Crippen molar-refractivity contribution in [2.45, 2.75) is 24.4 Å². The Morgan fingerprint density at radius 3 is 0.909 bits per heavy atom. The van der Waals surface area contributed by atoms with Crippen LogP contribution in [0.5, 0.6) is 0 Å². The van der Waals surface area contributed by atoms with Gasteiger partial charge in [-0.2, -0.15) is 0 Å². The highest BCUT2D eigenvalue weighted by Gasteiger charge is 2.37. The molecule has 4 aliphatic heterocycles. The number of rotatable bonds is 4. The summed E-state index contributed by atoms with van der Waals surface area (Å²) in [6.07, 6.45) is 1.04. The van der Waals surface area contributed by atoms with Crippen molar-refractivity contribution < 1.29 is 18.9 Å². The Balaban J connectivity index is 1.57. The molecular weight excluding hydrogens is 280 g/mol. The highest BCUT2D eigenvalue weighted by atomic mass is 16.6. The molecule has 4 unspecified atom stereocenters. The van der Waals surface area contributed by atoms with Gasteiger partial charge in [0.2, 0.25) is 0 Å². The molecular formula is C18H16O4. The highest BCUT2D eigenvalue weighted by molar-refractivity contribution is 5.86. The standard InChI is InChI=1S/C18H16O4/c1-9-2-13(17-7-21-17)14(18-8-22-18)4-10(9)3-12(16-6-20-16)11(1)15-5-19-15/h1-4,15-18H,5-8H2. The minimum Gasteiger partial charge on any atom is -0.368 e. The Kier molecular flexibility index (Phi) is 2.23. The summed E-state index contributed by atoms with van der Waals surface area (Å²) in [6, 6.07) is 9.14. The number of benzene rings is 2. The lowest BCUT2D eigenvalue weighted by Crippen LogP contribution is -1.96. The van der Waals surface area contributed by atoms with Gasteiger partial charge < -0.3 is 18.9 Å². The molecule has 112 valence electrons. The van der Waals surface area contributed by atoms with E-state index in [1.165, 1.54) is 33.0 Å². The molecule has 22 heavy (non-hydrogen) atoms. The van der Waals surface area contributed by atoms with E-state index in [4.69, 9.17) is 18.9 Å². The summed E-state index contributed by atoms with van der Waals surface area (Å²) in [5.74, 6) is 0. The zero-order valence-corrected chi connectivity index (χ0v) is 12.1. The molecule has 0 aliphatic carbocycles. The summed E-state index contributed by atoms with van der Waals surface area (Å²) >= 11 is 0. The molecule has 0 saturated carbocycles. The van der Waals surface area contributed by atoms with Gasteiger partial charge in [-0.15, -0.1) is 0 Å². The monoisotopic (exact) mass is 296 g/mol. The SMILES string of the molecule is c1c(C2CO2)c(C2CO2)cc2cc(C3CO3)c(C3CO3)cc12. The van der Waals surface area contributed by atoms with Crippen molar-refractivity contribution in [1.29, 1.82) is 0 Å². The Bertz CT molecular complexity index is 654. The van der Waals surface area contributed by atoms with E-state index < -0.39 is 0 Å². The third-order valence-corrected chi connectivity index (χ3v) is 4.96. The van der Waals surface area contributed by atoms with Gasteiger partial charge in [0.25, 0.3) is 0 Å². The molecule has 0 radical (unpaired) electrons. The van der Waals surface area contributed by atoms with Gasteiger partial charge in [0.05, 0.1) is 26.4 Å². The topological polar surface area (TPSA) is 50.1 Å². The molecule has 2 aromatic rings. The van der Waals surface area contributed by atoms with E-state index in [0.717, 1.165) is 26.4 Å². The quantitative estimate of drug-likeness (QED) is 0.813. The summed E-state index contributed by atoms with van der Waals surface area (Å²) in [6.45, 7) is 3.32. The Labute approximate surface area is 127 Å². The Morgan fingerprint density at radius 1 is 0.500 bits per heavy atom. The maximum absolute atomic E-state index is 5.52. The van der Waals surface area contributed by atoms with Gasteiger partial charge in [-0.25, -0.2) is 0 Å². The molecule has 0 N–H and O–H groups in total. The number of ether oxygens (including phenoxy) is 4. The molecule has 4 aliphatic rings. The van der Waals surface area contributed by atoms with Crippen LogP contribution in [0, 0.1) is 0 Å². The summed E-state index contributed by atoms with van der Waals surface area (Å²) < 4.78 is 22.1. The minimum absolute atomic E-state index is 0.260. The van der Waals surface area contributed by atoms with Crippen LogP contribution in [-0.2, 0) is 18.9 Å². The molecule has 0 spiro atoms. The second-order valence-electron chi connectivity index (χ2n) is 6.60. The molecule has 4 nitrogen and oxygen atoms in total. The number of fused-ring (bicyclic) bond motifs is 1. The second kappa shape index (κ2) is 4.09. The van der Waals surface area contributed by atoms with E-state index in [0.29, 0.717) is 0 Å². The first-order valence-electron chi connectivity index (χ1n) is 7.94. The Morgan fingerprint density at radius 2 is 0.727 bits per heavy atom. The van der Waals surface area contributed by atoms with Crippen LogP contribution < -0.4 is 0 Å². The Hall–Kier alpha value is -1.46. The van der Waals surface area contributed by atoms with Crippen LogP contribution >= 0.6 is 0 Å². The molecule has 4 heteroatoms. The number of hydrogen-bond acceptors (Lipinski definition) is 4. The van der Waals surface area contributed by atoms with Gasteiger partial charge >= 0.3 is 0 Å². The predicted octanol–water partition coefficient (Wildman–Crippen LogP) is 3.13. The van der Waals surface area contributed by atoms with E-state index in [-0.39, 0.29) is 24.4 Å². The van der Waals surface area contributed by atoms with Crippen LogP contribution in [0.1, 0.15) is 46.7 Å². The van der Waals surface area contributed by atoms with Crippen LogP contribution in [0.2, 0.25) is 0 Å². The van der Waals surface area contributed by atoms with Crippen molar-refractivity contribution in [3.63, 3.8) is 0 Å². The van der Waals surface area contributed by atoms with Crippen LogP contribution in [-0.4, -0.2) is 26.4 Å². The number of epoxide rings is 4. The van der Waals surface area contributed by atoms with Crippen LogP contribution in [0.3, 0.4) is 0 Å². The predicted molar refractivity (Wildman–Crippen MR) is 78.7 cm³/mol. The summed E-state index contributed by atoms with van der Waals surface area (Å²) in [7, 11) is 0. The molecule has 6 rings (SSSR count). The molecule has 0 aromatic heterocycles. The fourth-order valence-electron chi connectivity index (χ4n) is 3.45.